The Balaban J connectivity index is 0. The monoisotopic (exact) mass is 370 g/mol. The third-order valence-corrected chi connectivity index (χ3v) is 4.36. The second-order valence-corrected chi connectivity index (χ2v) is 8.58. The highest BCUT2D eigenvalue weighted by molar-refractivity contribution is 5.69. The SMILES string of the molecule is CCCCCCCCCC.CCCCCCCCCC(=O)OC(C)(C)C. The van der Waals surface area contributed by atoms with Crippen molar-refractivity contribution in [3.63, 3.8) is 0 Å². The van der Waals surface area contributed by atoms with E-state index in [9.17, 15) is 4.79 Å². The molecule has 2 nitrogen and oxygen atoms in total. The molecule has 158 valence electrons. The fourth-order valence-corrected chi connectivity index (χ4v) is 2.83. The lowest BCUT2D eigenvalue weighted by Crippen LogP contribution is -2.23. The van der Waals surface area contributed by atoms with Gasteiger partial charge in [-0.05, 0) is 27.2 Å². The average Bonchev–Trinajstić information content (AvgIpc) is 2.56. The summed E-state index contributed by atoms with van der Waals surface area (Å²) in [7, 11) is 0. The van der Waals surface area contributed by atoms with Crippen LogP contribution in [0.4, 0.5) is 0 Å². The van der Waals surface area contributed by atoms with E-state index in [1.807, 2.05) is 20.8 Å². The van der Waals surface area contributed by atoms with E-state index in [0.717, 1.165) is 12.8 Å². The summed E-state index contributed by atoms with van der Waals surface area (Å²) in [5.41, 5.74) is -0.335. The first kappa shape index (κ1) is 27.7. The van der Waals surface area contributed by atoms with E-state index in [1.165, 1.54) is 83.5 Å². The maximum atomic E-state index is 11.4. The van der Waals surface area contributed by atoms with Crippen molar-refractivity contribution >= 4 is 5.97 Å². The molecule has 0 bridgehead atoms. The molecule has 0 fully saturated rings. The molecule has 0 unspecified atom stereocenters. The zero-order valence-corrected chi connectivity index (χ0v) is 19.1. The molecule has 26 heavy (non-hydrogen) atoms. The lowest BCUT2D eigenvalue weighted by molar-refractivity contribution is -0.154. The van der Waals surface area contributed by atoms with Gasteiger partial charge in [0.25, 0.3) is 0 Å². The first-order valence-corrected chi connectivity index (χ1v) is 11.6. The van der Waals surface area contributed by atoms with Crippen molar-refractivity contribution in [1.82, 2.24) is 0 Å². The molecule has 0 aliphatic carbocycles. The third-order valence-electron chi connectivity index (χ3n) is 4.36. The standard InChI is InChI=1S/C14H28O2.C10H22/c1-5-6-7-8-9-10-11-12-13(15)16-14(2,3)4;1-3-5-7-9-10-8-6-4-2/h5-12H2,1-4H3;3-10H2,1-2H3. The van der Waals surface area contributed by atoms with Crippen LogP contribution in [-0.2, 0) is 9.53 Å². The zero-order valence-electron chi connectivity index (χ0n) is 19.1. The molecule has 0 heterocycles. The molecule has 2 heteroatoms. The number of hydrogen-bond acceptors (Lipinski definition) is 2. The molecule has 0 rings (SSSR count). The van der Waals surface area contributed by atoms with E-state index in [-0.39, 0.29) is 11.6 Å². The average molecular weight is 371 g/mol. The largest absolute Gasteiger partial charge is 0.460 e. The number of rotatable bonds is 15. The first-order valence-electron chi connectivity index (χ1n) is 11.6. The molecule has 0 N–H and O–H groups in total. The van der Waals surface area contributed by atoms with Crippen LogP contribution in [0.2, 0.25) is 0 Å². The van der Waals surface area contributed by atoms with Gasteiger partial charge in [-0.2, -0.15) is 0 Å². The van der Waals surface area contributed by atoms with Gasteiger partial charge in [0.05, 0.1) is 0 Å². The van der Waals surface area contributed by atoms with Crippen molar-refractivity contribution in [3.8, 4) is 0 Å². The van der Waals surface area contributed by atoms with Gasteiger partial charge in [0.1, 0.15) is 5.60 Å². The Morgan fingerprint density at radius 3 is 1.19 bits per heavy atom. The Labute approximate surface area is 165 Å². The topological polar surface area (TPSA) is 26.3 Å². The van der Waals surface area contributed by atoms with Gasteiger partial charge in [-0.1, -0.05) is 111 Å². The highest BCUT2D eigenvalue weighted by Gasteiger charge is 2.15. The van der Waals surface area contributed by atoms with Gasteiger partial charge in [0.15, 0.2) is 0 Å². The lowest BCUT2D eigenvalue weighted by atomic mass is 10.1. The van der Waals surface area contributed by atoms with Crippen LogP contribution >= 0.6 is 0 Å². The van der Waals surface area contributed by atoms with E-state index in [2.05, 4.69) is 20.8 Å². The van der Waals surface area contributed by atoms with Crippen molar-refractivity contribution in [2.75, 3.05) is 0 Å². The highest BCUT2D eigenvalue weighted by atomic mass is 16.6. The number of carbonyl (C=O) groups is 1. The van der Waals surface area contributed by atoms with E-state index in [1.54, 1.807) is 0 Å². The van der Waals surface area contributed by atoms with Crippen molar-refractivity contribution in [2.24, 2.45) is 0 Å². The van der Waals surface area contributed by atoms with Gasteiger partial charge >= 0.3 is 5.97 Å². The number of unbranched alkanes of at least 4 members (excludes halogenated alkanes) is 13. The summed E-state index contributed by atoms with van der Waals surface area (Å²) in [6, 6.07) is 0. The number of ether oxygens (including phenoxy) is 1. The molecule has 0 spiro atoms. The van der Waals surface area contributed by atoms with Crippen LogP contribution in [0, 0.1) is 0 Å². The minimum atomic E-state index is -0.335. The molecule has 0 saturated heterocycles. The summed E-state index contributed by atoms with van der Waals surface area (Å²) in [6.45, 7) is 12.5. The Bertz CT molecular complexity index is 270. The maximum absolute atomic E-state index is 11.4. The van der Waals surface area contributed by atoms with E-state index >= 15 is 0 Å². The Morgan fingerprint density at radius 1 is 0.577 bits per heavy atom. The number of esters is 1. The molecule has 0 radical (unpaired) electrons. The normalized spacial score (nSPS) is 11.0. The molecule has 0 aromatic heterocycles. The van der Waals surface area contributed by atoms with Crippen LogP contribution in [0.3, 0.4) is 0 Å². The predicted molar refractivity (Wildman–Crippen MR) is 117 cm³/mol. The van der Waals surface area contributed by atoms with E-state index < -0.39 is 0 Å². The number of hydrogen-bond donors (Lipinski definition) is 0. The molecule has 0 aliphatic rings. The summed E-state index contributed by atoms with van der Waals surface area (Å²) in [5, 5.41) is 0. The summed E-state index contributed by atoms with van der Waals surface area (Å²) in [6.07, 6.45) is 20.7. The molecule has 0 aliphatic heterocycles. The number of carbonyl (C=O) groups excluding carboxylic acids is 1. The fourth-order valence-electron chi connectivity index (χ4n) is 2.83. The van der Waals surface area contributed by atoms with Gasteiger partial charge in [0, 0.05) is 6.42 Å². The quantitative estimate of drug-likeness (QED) is 0.213. The van der Waals surface area contributed by atoms with Crippen LogP contribution < -0.4 is 0 Å². The van der Waals surface area contributed by atoms with Crippen LogP contribution in [0.5, 0.6) is 0 Å². The van der Waals surface area contributed by atoms with Crippen molar-refractivity contribution in [1.29, 1.82) is 0 Å². The minimum absolute atomic E-state index is 0.0546. The minimum Gasteiger partial charge on any atom is -0.460 e. The summed E-state index contributed by atoms with van der Waals surface area (Å²) in [5.74, 6) is -0.0546. The molecular weight excluding hydrogens is 320 g/mol. The van der Waals surface area contributed by atoms with Gasteiger partial charge in [0.2, 0.25) is 0 Å². The van der Waals surface area contributed by atoms with Crippen molar-refractivity contribution < 1.29 is 9.53 Å². The van der Waals surface area contributed by atoms with Crippen molar-refractivity contribution in [2.45, 2.75) is 150 Å². The summed E-state index contributed by atoms with van der Waals surface area (Å²) in [4.78, 5) is 11.4. The van der Waals surface area contributed by atoms with Gasteiger partial charge in [-0.25, -0.2) is 0 Å². The summed E-state index contributed by atoms with van der Waals surface area (Å²) < 4.78 is 5.24. The Morgan fingerprint density at radius 2 is 0.885 bits per heavy atom. The molecule has 0 atom stereocenters. The van der Waals surface area contributed by atoms with E-state index in [4.69, 9.17) is 4.74 Å². The van der Waals surface area contributed by atoms with Crippen molar-refractivity contribution in [3.05, 3.63) is 0 Å². The highest BCUT2D eigenvalue weighted by Crippen LogP contribution is 2.12. The van der Waals surface area contributed by atoms with E-state index in [0.29, 0.717) is 6.42 Å². The van der Waals surface area contributed by atoms with Gasteiger partial charge < -0.3 is 4.74 Å². The second-order valence-electron chi connectivity index (χ2n) is 8.58. The molecular formula is C24H50O2. The molecule has 0 aromatic rings. The third kappa shape index (κ3) is 28.3. The summed E-state index contributed by atoms with van der Waals surface area (Å²) >= 11 is 0. The molecule has 0 amide bonds. The van der Waals surface area contributed by atoms with Crippen LogP contribution in [0.1, 0.15) is 144 Å². The second kappa shape index (κ2) is 20.8. The van der Waals surface area contributed by atoms with Crippen LogP contribution in [-0.4, -0.2) is 11.6 Å². The smallest absolute Gasteiger partial charge is 0.306 e. The Kier molecular flexibility index (Phi) is 22.1. The predicted octanol–water partition coefficient (Wildman–Crippen LogP) is 8.62. The molecule has 0 saturated carbocycles. The van der Waals surface area contributed by atoms with Crippen LogP contribution in [0.15, 0.2) is 0 Å². The van der Waals surface area contributed by atoms with Gasteiger partial charge in [-0.3, -0.25) is 4.79 Å². The Hall–Kier alpha value is -0.530. The first-order chi connectivity index (χ1) is 12.4. The zero-order chi connectivity index (χ0) is 20.1. The van der Waals surface area contributed by atoms with Gasteiger partial charge in [-0.15, -0.1) is 0 Å². The maximum Gasteiger partial charge on any atom is 0.306 e. The van der Waals surface area contributed by atoms with Crippen LogP contribution in [0.25, 0.3) is 0 Å². The lowest BCUT2D eigenvalue weighted by Gasteiger charge is -2.19. The fraction of sp³-hybridized carbons (Fsp3) is 0.958. The molecule has 0 aromatic carbocycles.